The number of fused-ring (bicyclic) bond motifs is 1. The van der Waals surface area contributed by atoms with E-state index in [2.05, 4.69) is 37.1 Å². The Balaban J connectivity index is 1.19. The molecule has 0 spiro atoms. The Kier molecular flexibility index (Phi) is 7.02. The zero-order chi connectivity index (χ0) is 28.7. The molecule has 1 aromatic carbocycles. The maximum atomic E-state index is 13.1. The Morgan fingerprint density at radius 2 is 1.80 bits per heavy atom. The molecular formula is C29H31F3N8O. The van der Waals surface area contributed by atoms with E-state index in [1.807, 2.05) is 37.5 Å². The maximum Gasteiger partial charge on any atom is 0.417 e. The average molecular weight is 565 g/mol. The summed E-state index contributed by atoms with van der Waals surface area (Å²) in [6.45, 7) is 7.43. The van der Waals surface area contributed by atoms with Gasteiger partial charge in [-0.05, 0) is 55.8 Å². The highest BCUT2D eigenvalue weighted by molar-refractivity contribution is 6.04. The Morgan fingerprint density at radius 3 is 2.59 bits per heavy atom. The summed E-state index contributed by atoms with van der Waals surface area (Å²) < 4.78 is 41.0. The number of aryl methyl sites for hydroxylation is 1. The molecule has 0 saturated carbocycles. The molecule has 1 amide bonds. The first-order chi connectivity index (χ1) is 19.7. The van der Waals surface area contributed by atoms with E-state index < -0.39 is 17.6 Å². The van der Waals surface area contributed by atoms with Gasteiger partial charge in [0.05, 0.1) is 23.6 Å². The summed E-state index contributed by atoms with van der Waals surface area (Å²) in [6.07, 6.45) is 2.10. The number of piperazine rings is 1. The quantitative estimate of drug-likeness (QED) is 0.384. The normalized spacial score (nSPS) is 18.3. The highest BCUT2D eigenvalue weighted by atomic mass is 19.4. The van der Waals surface area contributed by atoms with Crippen molar-refractivity contribution in [1.29, 1.82) is 0 Å². The van der Waals surface area contributed by atoms with E-state index >= 15 is 0 Å². The number of alkyl halides is 3. The van der Waals surface area contributed by atoms with Crippen LogP contribution in [-0.4, -0.2) is 76.7 Å². The number of anilines is 3. The Bertz CT molecular complexity index is 1580. The van der Waals surface area contributed by atoms with E-state index in [0.717, 1.165) is 86.2 Å². The van der Waals surface area contributed by atoms with Gasteiger partial charge in [-0.15, -0.1) is 0 Å². The van der Waals surface area contributed by atoms with Gasteiger partial charge in [0.15, 0.2) is 5.65 Å². The van der Waals surface area contributed by atoms with E-state index in [0.29, 0.717) is 5.56 Å². The lowest BCUT2D eigenvalue weighted by atomic mass is 9.92. The lowest BCUT2D eigenvalue weighted by Gasteiger charge is -2.33. The molecule has 2 aliphatic rings. The number of amides is 1. The fourth-order valence-corrected chi connectivity index (χ4v) is 5.60. The van der Waals surface area contributed by atoms with E-state index in [4.69, 9.17) is 4.98 Å². The molecule has 1 unspecified atom stereocenters. The van der Waals surface area contributed by atoms with Crippen LogP contribution in [0.3, 0.4) is 0 Å². The summed E-state index contributed by atoms with van der Waals surface area (Å²) in [5, 5.41) is 7.09. The molecule has 9 nitrogen and oxygen atoms in total. The van der Waals surface area contributed by atoms with Gasteiger partial charge in [0.1, 0.15) is 11.5 Å². The number of halogens is 3. The van der Waals surface area contributed by atoms with Crippen LogP contribution >= 0.6 is 0 Å². The Morgan fingerprint density at radius 1 is 1.00 bits per heavy atom. The third-order valence-electron chi connectivity index (χ3n) is 8.00. The summed E-state index contributed by atoms with van der Waals surface area (Å²) in [5.41, 5.74) is 3.37. The van der Waals surface area contributed by atoms with Crippen LogP contribution in [0.1, 0.15) is 39.4 Å². The average Bonchev–Trinajstić information content (AvgIpc) is 3.60. The zero-order valence-corrected chi connectivity index (χ0v) is 22.9. The fourth-order valence-electron chi connectivity index (χ4n) is 5.60. The van der Waals surface area contributed by atoms with E-state index in [1.54, 1.807) is 10.6 Å². The van der Waals surface area contributed by atoms with Gasteiger partial charge >= 0.3 is 6.18 Å². The number of nitrogens with zero attached hydrogens (tertiary/aromatic N) is 7. The molecule has 1 N–H and O–H groups in total. The number of aromatic nitrogens is 4. The molecule has 214 valence electrons. The van der Waals surface area contributed by atoms with Gasteiger partial charge in [0.25, 0.3) is 5.91 Å². The number of pyridine rings is 1. The second-order valence-electron chi connectivity index (χ2n) is 10.8. The minimum Gasteiger partial charge on any atom is -0.367 e. The van der Waals surface area contributed by atoms with Gasteiger partial charge in [0.2, 0.25) is 0 Å². The van der Waals surface area contributed by atoms with Crippen molar-refractivity contribution in [2.24, 2.45) is 0 Å². The van der Waals surface area contributed by atoms with Gasteiger partial charge in [0, 0.05) is 63.1 Å². The molecule has 2 saturated heterocycles. The van der Waals surface area contributed by atoms with Crippen LogP contribution in [0.15, 0.2) is 55.1 Å². The van der Waals surface area contributed by atoms with Crippen molar-refractivity contribution in [3.05, 3.63) is 77.4 Å². The van der Waals surface area contributed by atoms with Crippen LogP contribution in [0.2, 0.25) is 0 Å². The first kappa shape index (κ1) is 27.0. The van der Waals surface area contributed by atoms with Crippen molar-refractivity contribution < 1.29 is 18.0 Å². The van der Waals surface area contributed by atoms with E-state index in [9.17, 15) is 18.0 Å². The van der Waals surface area contributed by atoms with Crippen LogP contribution in [0.4, 0.5) is 30.4 Å². The van der Waals surface area contributed by atoms with Crippen molar-refractivity contribution in [2.75, 3.05) is 61.4 Å². The molecule has 3 aromatic heterocycles. The number of carbonyl (C=O) groups excluding carboxylic acids is 1. The van der Waals surface area contributed by atoms with Crippen molar-refractivity contribution in [1.82, 2.24) is 24.5 Å². The zero-order valence-electron chi connectivity index (χ0n) is 22.9. The summed E-state index contributed by atoms with van der Waals surface area (Å²) >= 11 is 0. The number of nitrogens with one attached hydrogen (secondary N) is 1. The molecular weight excluding hydrogens is 533 g/mol. The van der Waals surface area contributed by atoms with Crippen LogP contribution in [-0.2, 0) is 6.18 Å². The summed E-state index contributed by atoms with van der Waals surface area (Å²) in [6, 6.07) is 8.32. The molecule has 5 heterocycles. The Labute approximate surface area is 235 Å². The van der Waals surface area contributed by atoms with E-state index in [1.165, 1.54) is 6.20 Å². The highest BCUT2D eigenvalue weighted by Gasteiger charge is 2.31. The summed E-state index contributed by atoms with van der Waals surface area (Å²) in [4.78, 5) is 28.5. The van der Waals surface area contributed by atoms with Gasteiger partial charge in [-0.3, -0.25) is 9.78 Å². The molecule has 0 aliphatic carbocycles. The SMILES string of the molecule is Cc1ccc(C(=O)Nc2cncc(C(F)(F)F)c2)cc1C1CCN(c2cnn3ccc(N4CCN(C)CC4)nc23)C1. The lowest BCUT2D eigenvalue weighted by Crippen LogP contribution is -2.44. The van der Waals surface area contributed by atoms with Crippen LogP contribution in [0, 0.1) is 6.92 Å². The summed E-state index contributed by atoms with van der Waals surface area (Å²) in [7, 11) is 2.13. The van der Waals surface area contributed by atoms with Gasteiger partial charge < -0.3 is 20.0 Å². The van der Waals surface area contributed by atoms with Crippen LogP contribution in [0.5, 0.6) is 0 Å². The number of likely N-dealkylation sites (N-methyl/N-ethyl adjacent to an activating group) is 1. The third kappa shape index (κ3) is 5.56. The number of hydrogen-bond donors (Lipinski definition) is 1. The second-order valence-corrected chi connectivity index (χ2v) is 10.8. The second kappa shape index (κ2) is 10.7. The highest BCUT2D eigenvalue weighted by Crippen LogP contribution is 2.35. The minimum atomic E-state index is -4.54. The summed E-state index contributed by atoms with van der Waals surface area (Å²) in [5.74, 6) is 0.646. The standard InChI is InChI=1S/C29H31F3N8O/c1-19-3-4-20(28(41)35-23-14-22(15-33-16-23)29(30,31)32)13-24(19)21-5-7-39(18-21)25-17-34-40-8-6-26(36-27(25)40)38-11-9-37(2)10-12-38/h3-4,6,8,13-17,21H,5,7,9-12,18H2,1-2H3,(H,35,41). The molecule has 2 fully saturated rings. The van der Waals surface area contributed by atoms with Crippen molar-refractivity contribution in [3.8, 4) is 0 Å². The smallest absolute Gasteiger partial charge is 0.367 e. The first-order valence-electron chi connectivity index (χ1n) is 13.6. The largest absolute Gasteiger partial charge is 0.417 e. The minimum absolute atomic E-state index is 0.00415. The number of hydrogen-bond acceptors (Lipinski definition) is 7. The fraction of sp³-hybridized carbons (Fsp3) is 0.379. The molecule has 12 heteroatoms. The molecule has 4 aromatic rings. The lowest BCUT2D eigenvalue weighted by molar-refractivity contribution is -0.137. The van der Waals surface area contributed by atoms with E-state index in [-0.39, 0.29) is 11.6 Å². The predicted molar refractivity (Wildman–Crippen MR) is 151 cm³/mol. The molecule has 2 aliphatic heterocycles. The molecule has 41 heavy (non-hydrogen) atoms. The predicted octanol–water partition coefficient (Wildman–Crippen LogP) is 4.45. The molecule has 6 rings (SSSR count). The molecule has 1 atom stereocenters. The van der Waals surface area contributed by atoms with Crippen molar-refractivity contribution >= 4 is 28.7 Å². The number of rotatable bonds is 5. The molecule has 0 bridgehead atoms. The van der Waals surface area contributed by atoms with Gasteiger partial charge in [-0.1, -0.05) is 6.07 Å². The molecule has 0 radical (unpaired) electrons. The number of carbonyl (C=O) groups is 1. The Hall–Kier alpha value is -4.19. The topological polar surface area (TPSA) is 81.9 Å². The number of benzene rings is 1. The van der Waals surface area contributed by atoms with Gasteiger partial charge in [-0.25, -0.2) is 9.50 Å². The van der Waals surface area contributed by atoms with Crippen LogP contribution < -0.4 is 15.1 Å². The monoisotopic (exact) mass is 564 g/mol. The van der Waals surface area contributed by atoms with Crippen molar-refractivity contribution in [2.45, 2.75) is 25.4 Å². The third-order valence-corrected chi connectivity index (χ3v) is 8.00. The maximum absolute atomic E-state index is 13.1. The van der Waals surface area contributed by atoms with Crippen molar-refractivity contribution in [3.63, 3.8) is 0 Å². The van der Waals surface area contributed by atoms with Crippen LogP contribution in [0.25, 0.3) is 5.65 Å². The first-order valence-corrected chi connectivity index (χ1v) is 13.6. The van der Waals surface area contributed by atoms with Gasteiger partial charge in [-0.2, -0.15) is 18.3 Å².